The van der Waals surface area contributed by atoms with E-state index in [0.29, 0.717) is 5.69 Å². The molecule has 0 atom stereocenters. The minimum atomic E-state index is -0.304. The molecule has 13 heavy (non-hydrogen) atoms. The van der Waals surface area contributed by atoms with Gasteiger partial charge in [-0.25, -0.2) is 0 Å². The number of hydrogen-bond acceptors (Lipinski definition) is 3. The molecule has 0 radical (unpaired) electrons. The molecule has 1 aromatic carbocycles. The van der Waals surface area contributed by atoms with Crippen molar-refractivity contribution >= 4 is 11.6 Å². The third-order valence-corrected chi connectivity index (χ3v) is 1.35. The van der Waals surface area contributed by atoms with E-state index < -0.39 is 0 Å². The summed E-state index contributed by atoms with van der Waals surface area (Å²) in [5.41, 5.74) is 2.91. The Hall–Kier alpha value is -2.09. The number of rotatable bonds is 2. The first-order valence-electron chi connectivity index (χ1n) is 3.71. The molecule has 66 valence electrons. The number of nitrogens with zero attached hydrogens (tertiary/aromatic N) is 3. The van der Waals surface area contributed by atoms with Crippen LogP contribution in [0.4, 0.5) is 5.69 Å². The standard InChI is InChI=1S/C8H8N4O/c1-7(13)10-12(11-9)8-5-3-2-4-6-8/h2-6H,1H3/p+1. The van der Waals surface area contributed by atoms with Crippen molar-refractivity contribution in [3.05, 3.63) is 35.4 Å². The Morgan fingerprint density at radius 2 is 2.08 bits per heavy atom. The second kappa shape index (κ2) is 4.07. The lowest BCUT2D eigenvalue weighted by Gasteiger charge is -2.02. The maximum Gasteiger partial charge on any atom is 0.333 e. The van der Waals surface area contributed by atoms with Crippen molar-refractivity contribution in [2.75, 3.05) is 5.12 Å². The predicted molar refractivity (Wildman–Crippen MR) is 47.8 cm³/mol. The fourth-order valence-electron chi connectivity index (χ4n) is 0.857. The molecule has 1 amide bonds. The molecule has 1 N–H and O–H groups in total. The summed E-state index contributed by atoms with van der Waals surface area (Å²) in [7, 11) is 0. The molecule has 0 fully saturated rings. The Labute approximate surface area is 75.5 Å². The number of para-hydroxylation sites is 1. The Kier molecular flexibility index (Phi) is 2.82. The smallest absolute Gasteiger partial charge is 0.273 e. The highest BCUT2D eigenvalue weighted by atomic mass is 16.2. The summed E-state index contributed by atoms with van der Waals surface area (Å²) in [5.74, 6) is -0.304. The molecule has 0 bridgehead atoms. The molecule has 0 saturated carbocycles. The molecule has 5 nitrogen and oxygen atoms in total. The first-order chi connectivity index (χ1) is 6.24. The molecule has 0 aliphatic carbocycles. The van der Waals surface area contributed by atoms with Gasteiger partial charge < -0.3 is 0 Å². The minimum absolute atomic E-state index is 0.304. The highest BCUT2D eigenvalue weighted by molar-refractivity contribution is 5.75. The van der Waals surface area contributed by atoms with E-state index in [1.807, 2.05) is 6.07 Å². The van der Waals surface area contributed by atoms with Crippen molar-refractivity contribution in [1.82, 2.24) is 5.43 Å². The lowest BCUT2D eigenvalue weighted by Crippen LogP contribution is -2.35. The maximum atomic E-state index is 10.7. The number of carbonyl (C=O) groups is 1. The maximum absolute atomic E-state index is 10.7. The number of benzene rings is 1. The van der Waals surface area contributed by atoms with Crippen molar-refractivity contribution in [3.63, 3.8) is 0 Å². The van der Waals surface area contributed by atoms with E-state index in [1.54, 1.807) is 24.3 Å². The van der Waals surface area contributed by atoms with Crippen LogP contribution in [0.5, 0.6) is 0 Å². The van der Waals surface area contributed by atoms with Gasteiger partial charge in [-0.1, -0.05) is 18.2 Å². The number of nitrogens with one attached hydrogen (secondary N) is 1. The molecule has 0 unspecified atom stereocenters. The molecule has 1 aromatic rings. The SMILES string of the molecule is CC(=O)NN([N+]#N)c1ccccc1. The summed E-state index contributed by atoms with van der Waals surface area (Å²) >= 11 is 0. The van der Waals surface area contributed by atoms with Crippen LogP contribution in [0.15, 0.2) is 30.3 Å². The fraction of sp³-hybridized carbons (Fsp3) is 0.125. The highest BCUT2D eigenvalue weighted by Gasteiger charge is 2.16. The van der Waals surface area contributed by atoms with Crippen LogP contribution in [0.1, 0.15) is 6.92 Å². The van der Waals surface area contributed by atoms with Gasteiger partial charge in [0.05, 0.1) is 0 Å². The van der Waals surface area contributed by atoms with Crippen LogP contribution < -0.4 is 10.5 Å². The van der Waals surface area contributed by atoms with Crippen LogP contribution in [0.25, 0.3) is 5.08 Å². The van der Waals surface area contributed by atoms with E-state index >= 15 is 0 Å². The Balaban J connectivity index is 2.80. The molecule has 0 saturated heterocycles. The zero-order valence-corrected chi connectivity index (χ0v) is 7.14. The van der Waals surface area contributed by atoms with Crippen molar-refractivity contribution in [2.24, 2.45) is 0 Å². The number of anilines is 1. The van der Waals surface area contributed by atoms with Crippen LogP contribution in [-0.2, 0) is 4.79 Å². The zero-order chi connectivity index (χ0) is 9.68. The predicted octanol–water partition coefficient (Wildman–Crippen LogP) is 1.31. The third kappa shape index (κ3) is 2.45. The Morgan fingerprint density at radius 3 is 2.54 bits per heavy atom. The average molecular weight is 177 g/mol. The minimum Gasteiger partial charge on any atom is -0.273 e. The lowest BCUT2D eigenvalue weighted by molar-refractivity contribution is -0.119. The Morgan fingerprint density at radius 1 is 1.46 bits per heavy atom. The van der Waals surface area contributed by atoms with E-state index in [9.17, 15) is 4.79 Å². The summed E-state index contributed by atoms with van der Waals surface area (Å²) in [6, 6.07) is 8.78. The van der Waals surface area contributed by atoms with Crippen molar-refractivity contribution < 1.29 is 4.79 Å². The first-order valence-corrected chi connectivity index (χ1v) is 3.71. The van der Waals surface area contributed by atoms with Crippen molar-refractivity contribution in [2.45, 2.75) is 6.92 Å². The summed E-state index contributed by atoms with van der Waals surface area (Å²) in [4.78, 5) is 10.7. The van der Waals surface area contributed by atoms with Crippen LogP contribution in [-0.4, -0.2) is 5.91 Å². The van der Waals surface area contributed by atoms with Gasteiger partial charge in [-0.2, -0.15) is 5.43 Å². The Bertz CT molecular complexity index is 330. The van der Waals surface area contributed by atoms with E-state index in [0.717, 1.165) is 5.12 Å². The summed E-state index contributed by atoms with van der Waals surface area (Å²) < 4.78 is 0. The molecule has 0 aliphatic heterocycles. The topological polar surface area (TPSA) is 60.5 Å². The van der Waals surface area contributed by atoms with Gasteiger partial charge in [-0.3, -0.25) is 4.79 Å². The van der Waals surface area contributed by atoms with Gasteiger partial charge in [0, 0.05) is 6.92 Å². The normalized spacial score (nSPS) is 8.62. The molecule has 1 rings (SSSR count). The molecule has 0 spiro atoms. The number of amides is 1. The van der Waals surface area contributed by atoms with Crippen LogP contribution in [0, 0.1) is 5.39 Å². The number of hydrazine groups is 1. The van der Waals surface area contributed by atoms with E-state index in [4.69, 9.17) is 5.39 Å². The van der Waals surface area contributed by atoms with Crippen LogP contribution in [0.3, 0.4) is 0 Å². The van der Waals surface area contributed by atoms with E-state index in [-0.39, 0.29) is 5.91 Å². The van der Waals surface area contributed by atoms with Crippen LogP contribution >= 0.6 is 0 Å². The summed E-state index contributed by atoms with van der Waals surface area (Å²) in [5, 5.41) is 12.5. The third-order valence-electron chi connectivity index (χ3n) is 1.35. The summed E-state index contributed by atoms with van der Waals surface area (Å²) in [6.07, 6.45) is 0. The largest absolute Gasteiger partial charge is 0.333 e. The van der Waals surface area contributed by atoms with Gasteiger partial charge in [0.25, 0.3) is 5.39 Å². The number of hydrogen-bond donors (Lipinski definition) is 1. The second-order valence-electron chi connectivity index (χ2n) is 2.40. The monoisotopic (exact) mass is 177 g/mol. The lowest BCUT2D eigenvalue weighted by atomic mass is 10.3. The van der Waals surface area contributed by atoms with Gasteiger partial charge in [0.1, 0.15) is 10.8 Å². The van der Waals surface area contributed by atoms with Crippen LogP contribution in [0.2, 0.25) is 0 Å². The second-order valence-corrected chi connectivity index (χ2v) is 2.40. The van der Waals surface area contributed by atoms with Gasteiger partial charge in [0.15, 0.2) is 0 Å². The average Bonchev–Trinajstić information content (AvgIpc) is 2.15. The highest BCUT2D eigenvalue weighted by Crippen LogP contribution is 2.10. The molecule has 5 heteroatoms. The number of carbonyl (C=O) groups excluding carboxylic acids is 1. The zero-order valence-electron chi connectivity index (χ0n) is 7.14. The van der Waals surface area contributed by atoms with Crippen molar-refractivity contribution in [1.29, 1.82) is 5.39 Å². The van der Waals surface area contributed by atoms with Crippen molar-refractivity contribution in [3.8, 4) is 0 Å². The summed E-state index contributed by atoms with van der Waals surface area (Å²) in [6.45, 7) is 1.33. The molecular weight excluding hydrogens is 168 g/mol. The quantitative estimate of drug-likeness (QED) is 0.547. The van der Waals surface area contributed by atoms with Gasteiger partial charge >= 0.3 is 5.08 Å². The molecule has 0 heterocycles. The van der Waals surface area contributed by atoms with E-state index in [1.165, 1.54) is 6.92 Å². The van der Waals surface area contributed by atoms with E-state index in [2.05, 4.69) is 10.5 Å². The van der Waals surface area contributed by atoms with Gasteiger partial charge in [-0.05, 0) is 12.1 Å². The fourth-order valence-corrected chi connectivity index (χ4v) is 0.857. The molecular formula is C8H9N4O+. The van der Waals surface area contributed by atoms with Gasteiger partial charge in [0.2, 0.25) is 5.91 Å². The van der Waals surface area contributed by atoms with Gasteiger partial charge in [-0.15, -0.1) is 0 Å². The number of diazo groups is 1. The molecule has 0 aromatic heterocycles. The molecule has 0 aliphatic rings. The first kappa shape index (κ1) is 9.00.